The van der Waals surface area contributed by atoms with E-state index in [4.69, 9.17) is 0 Å². The highest BCUT2D eigenvalue weighted by Gasteiger charge is 2.18. The van der Waals surface area contributed by atoms with Crippen molar-refractivity contribution in [1.29, 1.82) is 0 Å². The lowest BCUT2D eigenvalue weighted by atomic mass is 10.4. The van der Waals surface area contributed by atoms with E-state index in [0.717, 1.165) is 11.3 Å². The minimum absolute atomic E-state index is 0.0896. The minimum atomic E-state index is -3.51. The summed E-state index contributed by atoms with van der Waals surface area (Å²) < 4.78 is 26.6. The predicted octanol–water partition coefficient (Wildman–Crippen LogP) is 0.925. The fourth-order valence-corrected chi connectivity index (χ4v) is 4.37. The van der Waals surface area contributed by atoms with Crippen molar-refractivity contribution >= 4 is 43.2 Å². The van der Waals surface area contributed by atoms with Crippen LogP contribution in [0, 0.1) is 0 Å². The molecule has 0 saturated heterocycles. The first-order valence-electron chi connectivity index (χ1n) is 4.40. The van der Waals surface area contributed by atoms with Gasteiger partial charge in [0.1, 0.15) is 4.21 Å². The third kappa shape index (κ3) is 3.55. The Morgan fingerprint density at radius 3 is 2.75 bits per heavy atom. The van der Waals surface area contributed by atoms with Crippen LogP contribution in [0.15, 0.2) is 20.1 Å². The maximum Gasteiger partial charge on any atom is 0.251 e. The monoisotopic (exact) mass is 326 g/mol. The number of rotatable bonds is 5. The fourth-order valence-electron chi connectivity index (χ4n) is 0.961. The molecule has 0 bridgehead atoms. The highest BCUT2D eigenvalue weighted by Crippen LogP contribution is 2.27. The molecule has 0 spiro atoms. The van der Waals surface area contributed by atoms with E-state index in [9.17, 15) is 13.2 Å². The Kier molecular flexibility index (Phi) is 4.90. The lowest BCUT2D eigenvalue weighted by Gasteiger charge is -2.04. The van der Waals surface area contributed by atoms with Crippen molar-refractivity contribution in [2.24, 2.45) is 0 Å². The van der Waals surface area contributed by atoms with Crippen LogP contribution in [-0.4, -0.2) is 27.9 Å². The zero-order valence-electron chi connectivity index (χ0n) is 8.49. The number of hydrogen-bond acceptors (Lipinski definition) is 4. The van der Waals surface area contributed by atoms with Crippen LogP contribution in [0.2, 0.25) is 0 Å². The van der Waals surface area contributed by atoms with Gasteiger partial charge in [-0.05, 0) is 27.4 Å². The van der Waals surface area contributed by atoms with E-state index >= 15 is 0 Å². The van der Waals surface area contributed by atoms with Gasteiger partial charge in [-0.25, -0.2) is 13.1 Å². The lowest BCUT2D eigenvalue weighted by molar-refractivity contribution is -0.120. The summed E-state index contributed by atoms with van der Waals surface area (Å²) in [5.41, 5.74) is 0. The van der Waals surface area contributed by atoms with Crippen molar-refractivity contribution in [2.45, 2.75) is 10.6 Å². The maximum atomic E-state index is 11.7. The quantitative estimate of drug-likeness (QED) is 0.845. The number of nitrogens with one attached hydrogen (secondary N) is 2. The Morgan fingerprint density at radius 1 is 1.56 bits per heavy atom. The molecule has 0 atom stereocenters. The van der Waals surface area contributed by atoms with E-state index in [1.807, 2.05) is 0 Å². The number of thiophene rings is 1. The molecule has 0 fully saturated rings. The topological polar surface area (TPSA) is 75.3 Å². The molecule has 0 aliphatic rings. The van der Waals surface area contributed by atoms with E-state index in [2.05, 4.69) is 26.0 Å². The molecule has 0 aliphatic heterocycles. The van der Waals surface area contributed by atoms with Crippen LogP contribution in [0.3, 0.4) is 0 Å². The van der Waals surface area contributed by atoms with Gasteiger partial charge in [-0.1, -0.05) is 0 Å². The molecular formula is C8H11BrN2O3S2. The molecule has 1 heterocycles. The van der Waals surface area contributed by atoms with Crippen LogP contribution in [0.1, 0.15) is 6.42 Å². The molecule has 8 heteroatoms. The van der Waals surface area contributed by atoms with Crippen LogP contribution < -0.4 is 10.0 Å². The van der Waals surface area contributed by atoms with Crippen LogP contribution in [0.25, 0.3) is 0 Å². The van der Waals surface area contributed by atoms with Gasteiger partial charge in [0.15, 0.2) is 0 Å². The highest BCUT2D eigenvalue weighted by molar-refractivity contribution is 9.10. The Hall–Kier alpha value is -0.440. The van der Waals surface area contributed by atoms with Crippen LogP contribution in [0.4, 0.5) is 0 Å². The second-order valence-electron chi connectivity index (χ2n) is 2.88. The largest absolute Gasteiger partial charge is 0.359 e. The molecule has 2 N–H and O–H groups in total. The summed E-state index contributed by atoms with van der Waals surface area (Å²) in [6, 6.07) is 1.66. The fraction of sp³-hybridized carbons (Fsp3) is 0.375. The molecule has 1 aromatic heterocycles. The molecule has 0 aliphatic carbocycles. The summed E-state index contributed by atoms with van der Waals surface area (Å²) in [6.07, 6.45) is 0.124. The van der Waals surface area contributed by atoms with E-state index in [0.29, 0.717) is 4.47 Å². The molecule has 16 heavy (non-hydrogen) atoms. The molecule has 1 rings (SSSR count). The summed E-state index contributed by atoms with van der Waals surface area (Å²) in [4.78, 5) is 10.9. The van der Waals surface area contributed by atoms with E-state index in [1.54, 1.807) is 11.4 Å². The highest BCUT2D eigenvalue weighted by atomic mass is 79.9. The predicted molar refractivity (Wildman–Crippen MR) is 65.9 cm³/mol. The lowest BCUT2D eigenvalue weighted by Crippen LogP contribution is -2.29. The first kappa shape index (κ1) is 13.6. The van der Waals surface area contributed by atoms with Crippen molar-refractivity contribution in [3.63, 3.8) is 0 Å². The second kappa shape index (κ2) is 5.76. The molecule has 1 amide bonds. The second-order valence-corrected chi connectivity index (χ2v) is 6.61. The molecule has 0 radical (unpaired) electrons. The summed E-state index contributed by atoms with van der Waals surface area (Å²) in [7, 11) is -2.00. The Balaban J connectivity index is 2.60. The van der Waals surface area contributed by atoms with Gasteiger partial charge < -0.3 is 5.32 Å². The SMILES string of the molecule is CNC(=O)CCNS(=O)(=O)c1sccc1Br. The van der Waals surface area contributed by atoms with Crippen LogP contribution in [-0.2, 0) is 14.8 Å². The normalized spacial score (nSPS) is 11.4. The van der Waals surface area contributed by atoms with E-state index < -0.39 is 10.0 Å². The Morgan fingerprint density at radius 2 is 2.25 bits per heavy atom. The van der Waals surface area contributed by atoms with Gasteiger partial charge in [0.05, 0.1) is 0 Å². The third-order valence-corrected chi connectivity index (χ3v) is 5.88. The van der Waals surface area contributed by atoms with E-state index in [1.165, 1.54) is 7.05 Å². The first-order chi connectivity index (χ1) is 7.47. The number of carbonyl (C=O) groups is 1. The smallest absolute Gasteiger partial charge is 0.251 e. The minimum Gasteiger partial charge on any atom is -0.359 e. The van der Waals surface area contributed by atoms with E-state index in [-0.39, 0.29) is 23.1 Å². The van der Waals surface area contributed by atoms with Crippen molar-refractivity contribution < 1.29 is 13.2 Å². The third-order valence-electron chi connectivity index (χ3n) is 1.75. The molecular weight excluding hydrogens is 316 g/mol. The molecule has 0 aromatic carbocycles. The molecule has 0 unspecified atom stereocenters. The number of carbonyl (C=O) groups excluding carboxylic acids is 1. The van der Waals surface area contributed by atoms with Crippen LogP contribution in [0.5, 0.6) is 0 Å². The summed E-state index contributed by atoms with van der Waals surface area (Å²) in [5.74, 6) is -0.201. The van der Waals surface area contributed by atoms with Gasteiger partial charge in [-0.15, -0.1) is 11.3 Å². The van der Waals surface area contributed by atoms with Crippen molar-refractivity contribution in [2.75, 3.05) is 13.6 Å². The Labute approximate surface area is 106 Å². The molecule has 5 nitrogen and oxygen atoms in total. The number of sulfonamides is 1. The zero-order valence-corrected chi connectivity index (χ0v) is 11.7. The van der Waals surface area contributed by atoms with Crippen molar-refractivity contribution in [1.82, 2.24) is 10.0 Å². The zero-order chi connectivity index (χ0) is 12.2. The van der Waals surface area contributed by atoms with Gasteiger partial charge in [0.25, 0.3) is 10.0 Å². The number of halogens is 1. The molecule has 1 aromatic rings. The standard InChI is InChI=1S/C8H11BrN2O3S2/c1-10-7(12)2-4-11-16(13,14)8-6(9)3-5-15-8/h3,5,11H,2,4H2,1H3,(H,10,12). The molecule has 0 saturated carbocycles. The van der Waals surface area contributed by atoms with Crippen molar-refractivity contribution in [3.8, 4) is 0 Å². The van der Waals surface area contributed by atoms with Gasteiger partial charge in [-0.2, -0.15) is 0 Å². The maximum absolute atomic E-state index is 11.7. The number of amides is 1. The van der Waals surface area contributed by atoms with Crippen LogP contribution >= 0.6 is 27.3 Å². The van der Waals surface area contributed by atoms with Gasteiger partial charge >= 0.3 is 0 Å². The number of hydrogen-bond donors (Lipinski definition) is 2. The van der Waals surface area contributed by atoms with Crippen molar-refractivity contribution in [3.05, 3.63) is 15.9 Å². The average Bonchev–Trinajstić information content (AvgIpc) is 2.64. The summed E-state index contributed by atoms with van der Waals surface area (Å²) in [5, 5.41) is 4.09. The Bertz CT molecular complexity index is 469. The van der Waals surface area contributed by atoms with Gasteiger partial charge in [0.2, 0.25) is 5.91 Å². The molecule has 90 valence electrons. The summed E-state index contributed by atoms with van der Waals surface area (Å²) >= 11 is 4.27. The van der Waals surface area contributed by atoms with Gasteiger partial charge in [-0.3, -0.25) is 4.79 Å². The average molecular weight is 327 g/mol. The van der Waals surface area contributed by atoms with Gasteiger partial charge in [0, 0.05) is 24.5 Å². The summed E-state index contributed by atoms with van der Waals surface area (Å²) in [6.45, 7) is 0.0896. The first-order valence-corrected chi connectivity index (χ1v) is 7.56.